The second-order valence-corrected chi connectivity index (χ2v) is 6.29. The van der Waals surface area contributed by atoms with Crippen LogP contribution in [0.3, 0.4) is 0 Å². The minimum Gasteiger partial charge on any atom is -0.368 e. The van der Waals surface area contributed by atoms with Gasteiger partial charge in [0.2, 0.25) is 11.8 Å². The highest BCUT2D eigenvalue weighted by atomic mass is 32.1. The van der Waals surface area contributed by atoms with Crippen LogP contribution in [0, 0.1) is 5.82 Å². The molecule has 26 heavy (non-hydrogen) atoms. The second kappa shape index (κ2) is 7.54. The van der Waals surface area contributed by atoms with Crippen molar-refractivity contribution >= 4 is 40.3 Å². The van der Waals surface area contributed by atoms with Gasteiger partial charge >= 0.3 is 0 Å². The van der Waals surface area contributed by atoms with E-state index in [1.54, 1.807) is 31.3 Å². The molecule has 0 radical (unpaired) electrons. The number of hydrogen-bond acceptors (Lipinski definition) is 6. The van der Waals surface area contributed by atoms with Crippen LogP contribution in [-0.2, 0) is 9.59 Å². The van der Waals surface area contributed by atoms with Crippen LogP contribution < -0.4 is 11.1 Å². The number of halogens is 1. The molecule has 9 heteroatoms. The highest BCUT2D eigenvalue weighted by Crippen LogP contribution is 2.22. The van der Waals surface area contributed by atoms with E-state index in [-0.39, 0.29) is 12.5 Å². The summed E-state index contributed by atoms with van der Waals surface area (Å²) in [5.74, 6) is -1.50. The van der Waals surface area contributed by atoms with E-state index in [9.17, 15) is 14.0 Å². The third-order valence-corrected chi connectivity index (χ3v) is 4.37. The zero-order chi connectivity index (χ0) is 18.7. The van der Waals surface area contributed by atoms with Crippen molar-refractivity contribution in [2.75, 3.05) is 18.9 Å². The lowest BCUT2D eigenvalue weighted by atomic mass is 10.0. The number of likely N-dealkylation sites (N-methyl/N-ethyl adjacent to an activating group) is 1. The zero-order valence-corrected chi connectivity index (χ0v) is 14.7. The highest BCUT2D eigenvalue weighted by molar-refractivity contribution is 7.00. The molecule has 3 N–H and O–H groups in total. The lowest BCUT2D eigenvalue weighted by Crippen LogP contribution is -2.39. The molecular formula is C17H16FN5O2S. The molecule has 0 fully saturated rings. The Morgan fingerprint density at radius 2 is 2.04 bits per heavy atom. The van der Waals surface area contributed by atoms with Gasteiger partial charge in [-0.05, 0) is 36.9 Å². The van der Waals surface area contributed by atoms with Crippen LogP contribution in [0.2, 0.25) is 0 Å². The average molecular weight is 373 g/mol. The normalized spacial score (nSPS) is 12.3. The van der Waals surface area contributed by atoms with Crippen molar-refractivity contribution in [2.45, 2.75) is 6.04 Å². The Morgan fingerprint density at radius 3 is 2.77 bits per heavy atom. The Kier molecular flexibility index (Phi) is 5.19. The Hall–Kier alpha value is -2.91. The highest BCUT2D eigenvalue weighted by Gasteiger charge is 2.25. The first-order chi connectivity index (χ1) is 12.5. The summed E-state index contributed by atoms with van der Waals surface area (Å²) in [6.07, 6.45) is 0. The number of fused-ring (bicyclic) bond motifs is 1. The molecule has 0 bridgehead atoms. The van der Waals surface area contributed by atoms with Crippen molar-refractivity contribution in [3.8, 4) is 0 Å². The average Bonchev–Trinajstić information content (AvgIpc) is 3.04. The summed E-state index contributed by atoms with van der Waals surface area (Å²) in [6.45, 7) is -0.113. The van der Waals surface area contributed by atoms with E-state index in [2.05, 4.69) is 14.1 Å². The molecule has 2 aromatic carbocycles. The number of benzene rings is 2. The fourth-order valence-corrected chi connectivity index (χ4v) is 3.28. The first-order valence-electron chi connectivity index (χ1n) is 7.72. The Bertz CT molecular complexity index is 961. The third-order valence-electron chi connectivity index (χ3n) is 3.83. The lowest BCUT2D eigenvalue weighted by Gasteiger charge is -2.25. The first-order valence-corrected chi connectivity index (χ1v) is 8.45. The molecule has 3 aromatic rings. The largest absolute Gasteiger partial charge is 0.368 e. The number of carbonyl (C=O) groups is 2. The monoisotopic (exact) mass is 373 g/mol. The Morgan fingerprint density at radius 1 is 1.27 bits per heavy atom. The molecule has 3 rings (SSSR count). The van der Waals surface area contributed by atoms with Crippen LogP contribution in [0.25, 0.3) is 11.0 Å². The predicted octanol–water partition coefficient (Wildman–Crippen LogP) is 1.93. The number of nitrogens with one attached hydrogen (secondary N) is 1. The summed E-state index contributed by atoms with van der Waals surface area (Å²) in [7, 11) is 1.57. The van der Waals surface area contributed by atoms with E-state index < -0.39 is 17.8 Å². The van der Waals surface area contributed by atoms with Gasteiger partial charge in [-0.15, -0.1) is 0 Å². The molecule has 7 nitrogen and oxygen atoms in total. The van der Waals surface area contributed by atoms with E-state index in [1.807, 2.05) is 0 Å². The predicted molar refractivity (Wildman–Crippen MR) is 97.0 cm³/mol. The van der Waals surface area contributed by atoms with Gasteiger partial charge in [-0.3, -0.25) is 14.5 Å². The summed E-state index contributed by atoms with van der Waals surface area (Å²) >= 11 is 1.06. The van der Waals surface area contributed by atoms with Crippen LogP contribution in [-0.4, -0.2) is 39.1 Å². The maximum Gasteiger partial charge on any atom is 0.239 e. The fraction of sp³-hybridized carbons (Fsp3) is 0.176. The minimum atomic E-state index is -0.923. The van der Waals surface area contributed by atoms with Crippen LogP contribution in [0.4, 0.5) is 10.1 Å². The van der Waals surface area contributed by atoms with Gasteiger partial charge in [0.1, 0.15) is 22.9 Å². The lowest BCUT2D eigenvalue weighted by molar-refractivity contribution is -0.124. The van der Waals surface area contributed by atoms with Gasteiger partial charge in [0.25, 0.3) is 0 Å². The van der Waals surface area contributed by atoms with Crippen molar-refractivity contribution in [3.05, 3.63) is 53.8 Å². The maximum absolute atomic E-state index is 13.5. The third kappa shape index (κ3) is 3.84. The number of aromatic nitrogens is 2. The number of rotatable bonds is 6. The van der Waals surface area contributed by atoms with E-state index >= 15 is 0 Å². The second-order valence-electron chi connectivity index (χ2n) is 5.76. The molecule has 1 heterocycles. The van der Waals surface area contributed by atoms with Gasteiger partial charge in [-0.2, -0.15) is 8.75 Å². The first kappa shape index (κ1) is 17.9. The maximum atomic E-state index is 13.5. The van der Waals surface area contributed by atoms with Crippen LogP contribution >= 0.6 is 11.7 Å². The van der Waals surface area contributed by atoms with Gasteiger partial charge in [0.15, 0.2) is 0 Å². The van der Waals surface area contributed by atoms with Crippen molar-refractivity contribution in [3.63, 3.8) is 0 Å². The number of nitrogens with two attached hydrogens (primary N) is 1. The SMILES string of the molecule is CN(CC(=O)Nc1cccc2nsnc12)C(C(N)=O)c1cccc(F)c1. The standard InChI is InChI=1S/C17H16FN5O2S/c1-23(16(17(19)25)10-4-2-5-11(18)8-10)9-14(24)20-12-6-3-7-13-15(12)22-26-21-13/h2-8,16H,9H2,1H3,(H2,19,25)(H,20,24). The quantitative estimate of drug-likeness (QED) is 0.687. The van der Waals surface area contributed by atoms with Gasteiger partial charge in [-0.1, -0.05) is 18.2 Å². The molecule has 0 aliphatic carbocycles. The van der Waals surface area contributed by atoms with Gasteiger partial charge in [0.05, 0.1) is 24.0 Å². The Labute approximate surface area is 152 Å². The van der Waals surface area contributed by atoms with Crippen molar-refractivity contribution in [2.24, 2.45) is 5.73 Å². The van der Waals surface area contributed by atoms with E-state index in [1.165, 1.54) is 23.1 Å². The zero-order valence-electron chi connectivity index (χ0n) is 13.8. The van der Waals surface area contributed by atoms with E-state index in [0.29, 0.717) is 22.3 Å². The summed E-state index contributed by atoms with van der Waals surface area (Å²) in [4.78, 5) is 25.7. The molecule has 2 amide bonds. The molecule has 0 saturated heterocycles. The topological polar surface area (TPSA) is 101 Å². The van der Waals surface area contributed by atoms with Crippen molar-refractivity contribution < 1.29 is 14.0 Å². The molecule has 1 aromatic heterocycles. The smallest absolute Gasteiger partial charge is 0.239 e. The molecule has 0 aliphatic rings. The number of anilines is 1. The molecular weight excluding hydrogens is 357 g/mol. The molecule has 1 atom stereocenters. The summed E-state index contributed by atoms with van der Waals surface area (Å²) in [5, 5.41) is 2.76. The summed E-state index contributed by atoms with van der Waals surface area (Å²) < 4.78 is 21.7. The van der Waals surface area contributed by atoms with Crippen molar-refractivity contribution in [1.29, 1.82) is 0 Å². The molecule has 0 spiro atoms. The van der Waals surface area contributed by atoms with E-state index in [0.717, 1.165) is 11.7 Å². The Balaban J connectivity index is 1.75. The molecule has 1 unspecified atom stereocenters. The number of hydrogen-bond donors (Lipinski definition) is 2. The number of amides is 2. The fourth-order valence-electron chi connectivity index (χ4n) is 2.73. The van der Waals surface area contributed by atoms with E-state index in [4.69, 9.17) is 5.73 Å². The molecule has 0 aliphatic heterocycles. The molecule has 134 valence electrons. The summed E-state index contributed by atoms with van der Waals surface area (Å²) in [5.41, 5.74) is 7.68. The van der Waals surface area contributed by atoms with Crippen molar-refractivity contribution in [1.82, 2.24) is 13.6 Å². The molecule has 0 saturated carbocycles. The number of nitrogens with zero attached hydrogens (tertiary/aromatic N) is 3. The summed E-state index contributed by atoms with van der Waals surface area (Å²) in [6, 6.07) is 9.95. The number of primary amides is 1. The van der Waals surface area contributed by atoms with Crippen LogP contribution in [0.15, 0.2) is 42.5 Å². The van der Waals surface area contributed by atoms with Gasteiger partial charge < -0.3 is 11.1 Å². The van der Waals surface area contributed by atoms with Gasteiger partial charge in [0, 0.05) is 0 Å². The minimum absolute atomic E-state index is 0.113. The van der Waals surface area contributed by atoms with Crippen LogP contribution in [0.1, 0.15) is 11.6 Å². The number of carbonyl (C=O) groups excluding carboxylic acids is 2. The van der Waals surface area contributed by atoms with Gasteiger partial charge in [-0.25, -0.2) is 4.39 Å². The van der Waals surface area contributed by atoms with Crippen LogP contribution in [0.5, 0.6) is 0 Å².